The molecule has 0 N–H and O–H groups in total. The third-order valence-electron chi connectivity index (χ3n) is 5.11. The second-order valence-electron chi connectivity index (χ2n) is 6.31. The largest absolute Gasteiger partial charge is 1.00 e. The number of hydrogen-bond acceptors (Lipinski definition) is 0. The van der Waals surface area contributed by atoms with Gasteiger partial charge in [-0.1, -0.05) is 54.6 Å². The first kappa shape index (κ1) is 17.4. The molecule has 0 spiro atoms. The van der Waals surface area contributed by atoms with Crippen molar-refractivity contribution in [3.05, 3.63) is 91.0 Å². The normalized spacial score (nSPS) is 14.5. The second-order valence-corrected chi connectivity index (χ2v) is 10.0. The zero-order valence-corrected chi connectivity index (χ0v) is 16.2. The Hall–Kier alpha value is -1.43. The molecule has 0 nitrogen and oxygen atoms in total. The summed E-state index contributed by atoms with van der Waals surface area (Å²) in [5.41, 5.74) is 0.787. The fourth-order valence-corrected chi connectivity index (χ4v) is 9.07. The highest BCUT2D eigenvalue weighted by Crippen LogP contribution is 2.65. The molecular formula is C22H22BrP. The van der Waals surface area contributed by atoms with Gasteiger partial charge in [-0.05, 0) is 55.7 Å². The Morgan fingerprint density at radius 1 is 0.542 bits per heavy atom. The topological polar surface area (TPSA) is 0 Å². The van der Waals surface area contributed by atoms with Crippen molar-refractivity contribution in [1.82, 2.24) is 0 Å². The van der Waals surface area contributed by atoms with Gasteiger partial charge in [0, 0.05) is 0 Å². The predicted octanol–water partition coefficient (Wildman–Crippen LogP) is 1.54. The van der Waals surface area contributed by atoms with E-state index in [1.807, 2.05) is 0 Å². The Bertz CT molecular complexity index is 655. The van der Waals surface area contributed by atoms with E-state index in [0.717, 1.165) is 5.66 Å². The molecule has 1 aliphatic rings. The lowest BCUT2D eigenvalue weighted by Crippen LogP contribution is -3.00. The van der Waals surface area contributed by atoms with Crippen molar-refractivity contribution in [3.63, 3.8) is 0 Å². The number of benzene rings is 3. The van der Waals surface area contributed by atoms with Crippen molar-refractivity contribution in [2.75, 3.05) is 0 Å². The third kappa shape index (κ3) is 2.85. The van der Waals surface area contributed by atoms with E-state index >= 15 is 0 Å². The summed E-state index contributed by atoms with van der Waals surface area (Å²) in [6.07, 6.45) is 4.08. The Kier molecular flexibility index (Phi) is 5.54. The molecule has 0 saturated heterocycles. The molecule has 0 atom stereocenters. The van der Waals surface area contributed by atoms with Crippen LogP contribution in [0.1, 0.15) is 19.3 Å². The number of rotatable bonds is 4. The summed E-state index contributed by atoms with van der Waals surface area (Å²) < 4.78 is 0. The first-order valence-corrected chi connectivity index (χ1v) is 10.3. The molecule has 3 aromatic carbocycles. The zero-order valence-electron chi connectivity index (χ0n) is 13.7. The molecule has 2 heteroatoms. The summed E-state index contributed by atoms with van der Waals surface area (Å²) in [7, 11) is -1.56. The lowest BCUT2D eigenvalue weighted by atomic mass is 10.00. The van der Waals surface area contributed by atoms with E-state index in [2.05, 4.69) is 91.0 Å². The van der Waals surface area contributed by atoms with E-state index in [0.29, 0.717) is 0 Å². The maximum atomic E-state index is 2.35. The third-order valence-corrected chi connectivity index (χ3v) is 10.1. The van der Waals surface area contributed by atoms with Crippen LogP contribution in [0, 0.1) is 0 Å². The molecule has 4 rings (SSSR count). The molecule has 0 unspecified atom stereocenters. The standard InChI is InChI=1S/C22H22P.BrH/c1-4-11-19(12-5-1)23(22-17-10-18-22,20-13-6-2-7-14-20)21-15-8-3-9-16-21;/h1-9,11-16,22H,10,17-18H2;1H/q+1;/p-1. The smallest absolute Gasteiger partial charge is 0.115 e. The van der Waals surface area contributed by atoms with Gasteiger partial charge in [0.15, 0.2) is 0 Å². The van der Waals surface area contributed by atoms with E-state index in [4.69, 9.17) is 0 Å². The van der Waals surface area contributed by atoms with Crippen LogP contribution in [0.2, 0.25) is 0 Å². The van der Waals surface area contributed by atoms with E-state index < -0.39 is 7.26 Å². The second kappa shape index (κ2) is 7.64. The summed E-state index contributed by atoms with van der Waals surface area (Å²) in [6, 6.07) is 33.7. The Balaban J connectivity index is 0.00000169. The lowest BCUT2D eigenvalue weighted by molar-refractivity contribution is -0.00000443. The summed E-state index contributed by atoms with van der Waals surface area (Å²) in [6.45, 7) is 0. The minimum absolute atomic E-state index is 0. The van der Waals surface area contributed by atoms with Crippen LogP contribution in [0.5, 0.6) is 0 Å². The van der Waals surface area contributed by atoms with Gasteiger partial charge in [0.1, 0.15) is 23.2 Å². The highest BCUT2D eigenvalue weighted by atomic mass is 79.9. The van der Waals surface area contributed by atoms with Gasteiger partial charge in [0.2, 0.25) is 0 Å². The van der Waals surface area contributed by atoms with Gasteiger partial charge in [-0.3, -0.25) is 0 Å². The van der Waals surface area contributed by atoms with Crippen LogP contribution in [0.15, 0.2) is 91.0 Å². The molecule has 1 fully saturated rings. The molecule has 1 saturated carbocycles. The van der Waals surface area contributed by atoms with E-state index in [-0.39, 0.29) is 17.0 Å². The quantitative estimate of drug-likeness (QED) is 0.586. The molecule has 0 aromatic heterocycles. The van der Waals surface area contributed by atoms with Crippen LogP contribution in [0.3, 0.4) is 0 Å². The highest BCUT2D eigenvalue weighted by molar-refractivity contribution is 7.96. The van der Waals surface area contributed by atoms with Crippen molar-refractivity contribution < 1.29 is 17.0 Å². The Morgan fingerprint density at radius 3 is 1.12 bits per heavy atom. The predicted molar refractivity (Wildman–Crippen MR) is 103 cm³/mol. The maximum Gasteiger partial charge on any atom is 0.115 e. The van der Waals surface area contributed by atoms with Crippen molar-refractivity contribution in [3.8, 4) is 0 Å². The maximum absolute atomic E-state index is 2.35. The number of halogens is 1. The van der Waals surface area contributed by atoms with Crippen LogP contribution in [-0.4, -0.2) is 5.66 Å². The summed E-state index contributed by atoms with van der Waals surface area (Å²) in [5.74, 6) is 0. The zero-order chi connectivity index (χ0) is 15.5. The van der Waals surface area contributed by atoms with Crippen LogP contribution in [0.4, 0.5) is 0 Å². The van der Waals surface area contributed by atoms with Gasteiger partial charge in [0.25, 0.3) is 0 Å². The van der Waals surface area contributed by atoms with Gasteiger partial charge in [-0.15, -0.1) is 0 Å². The Labute approximate surface area is 156 Å². The molecule has 3 aromatic rings. The van der Waals surface area contributed by atoms with Gasteiger partial charge in [0.05, 0.1) is 5.66 Å². The molecule has 0 heterocycles. The average Bonchev–Trinajstić information content (AvgIpc) is 2.60. The fraction of sp³-hybridized carbons (Fsp3) is 0.182. The average molecular weight is 397 g/mol. The van der Waals surface area contributed by atoms with E-state index in [1.54, 1.807) is 0 Å². The fourth-order valence-electron chi connectivity index (χ4n) is 3.84. The first-order chi connectivity index (χ1) is 11.4. The molecule has 24 heavy (non-hydrogen) atoms. The van der Waals surface area contributed by atoms with E-state index in [9.17, 15) is 0 Å². The molecule has 0 aliphatic heterocycles. The van der Waals surface area contributed by atoms with Crippen LogP contribution in [0.25, 0.3) is 0 Å². The van der Waals surface area contributed by atoms with Gasteiger partial charge in [-0.25, -0.2) is 0 Å². The summed E-state index contributed by atoms with van der Waals surface area (Å²) in [5, 5.41) is 4.59. The highest BCUT2D eigenvalue weighted by Gasteiger charge is 2.54. The van der Waals surface area contributed by atoms with Gasteiger partial charge < -0.3 is 17.0 Å². The minimum atomic E-state index is -1.56. The molecular weight excluding hydrogens is 375 g/mol. The summed E-state index contributed by atoms with van der Waals surface area (Å²) >= 11 is 0. The van der Waals surface area contributed by atoms with Crippen molar-refractivity contribution in [2.45, 2.75) is 24.9 Å². The Morgan fingerprint density at radius 2 is 0.875 bits per heavy atom. The van der Waals surface area contributed by atoms with E-state index in [1.165, 1.54) is 35.2 Å². The lowest BCUT2D eigenvalue weighted by Gasteiger charge is -2.39. The van der Waals surface area contributed by atoms with Crippen LogP contribution in [-0.2, 0) is 0 Å². The molecule has 0 bridgehead atoms. The van der Waals surface area contributed by atoms with Crippen LogP contribution >= 0.6 is 7.26 Å². The van der Waals surface area contributed by atoms with Crippen molar-refractivity contribution in [1.29, 1.82) is 0 Å². The SMILES string of the molecule is [Br-].c1ccc([P+](c2ccccc2)(c2ccccc2)C2CCC2)cc1. The van der Waals surface area contributed by atoms with Crippen molar-refractivity contribution in [2.24, 2.45) is 0 Å². The first-order valence-electron chi connectivity index (χ1n) is 8.48. The van der Waals surface area contributed by atoms with Crippen molar-refractivity contribution >= 4 is 23.2 Å². The monoisotopic (exact) mass is 396 g/mol. The molecule has 0 radical (unpaired) electrons. The van der Waals surface area contributed by atoms with Crippen LogP contribution < -0.4 is 32.9 Å². The minimum Gasteiger partial charge on any atom is -1.00 e. The van der Waals surface area contributed by atoms with Gasteiger partial charge in [-0.2, -0.15) is 0 Å². The number of hydrogen-bond donors (Lipinski definition) is 0. The summed E-state index contributed by atoms with van der Waals surface area (Å²) in [4.78, 5) is 0. The molecule has 122 valence electrons. The molecule has 0 amide bonds. The van der Waals surface area contributed by atoms with Gasteiger partial charge >= 0.3 is 0 Å². The molecule has 1 aliphatic carbocycles.